The van der Waals surface area contributed by atoms with E-state index < -0.39 is 42.0 Å². The van der Waals surface area contributed by atoms with Gasteiger partial charge in [0.05, 0.1) is 5.56 Å². The van der Waals surface area contributed by atoms with Crippen molar-refractivity contribution in [2.24, 2.45) is 0 Å². The van der Waals surface area contributed by atoms with E-state index in [9.17, 15) is 27.6 Å². The number of carbonyl (C=O) groups is 3. The topological polar surface area (TPSA) is 86.7 Å². The molecule has 6 nitrogen and oxygen atoms in total. The molecule has 1 atom stereocenters. The van der Waals surface area contributed by atoms with Crippen LogP contribution < -0.4 is 5.32 Å². The first-order valence-corrected chi connectivity index (χ1v) is 9.00. The Morgan fingerprint density at radius 3 is 1.90 bits per heavy atom. The second-order valence-electron chi connectivity index (χ2n) is 6.46. The maximum absolute atomic E-state index is 12.6. The number of ketones is 1. The van der Waals surface area contributed by atoms with Crippen LogP contribution in [0.1, 0.15) is 27.0 Å². The van der Waals surface area contributed by atoms with Crippen LogP contribution in [0.3, 0.4) is 0 Å². The van der Waals surface area contributed by atoms with Crippen LogP contribution in [0, 0.1) is 11.8 Å². The number of Topliss-reactive ketones (excluding diaryl/α,β-unsaturated/α-hetero) is 1. The van der Waals surface area contributed by atoms with Gasteiger partial charge < -0.3 is 15.3 Å². The molecule has 2 rings (SSSR count). The summed E-state index contributed by atoms with van der Waals surface area (Å²) in [5.74, 6) is 3.35. The van der Waals surface area contributed by atoms with E-state index in [1.807, 2.05) is 0 Å². The fourth-order valence-electron chi connectivity index (χ4n) is 2.67. The van der Waals surface area contributed by atoms with Crippen LogP contribution in [0.5, 0.6) is 0 Å². The fraction of sp³-hybridized carbons (Fsp3) is 0.227. The Kier molecular flexibility index (Phi) is 7.56. The van der Waals surface area contributed by atoms with E-state index in [2.05, 4.69) is 17.2 Å². The van der Waals surface area contributed by atoms with Crippen LogP contribution >= 0.6 is 0 Å². The molecule has 0 aliphatic carbocycles. The van der Waals surface area contributed by atoms with Crippen molar-refractivity contribution in [3.63, 3.8) is 0 Å². The summed E-state index contributed by atoms with van der Waals surface area (Å²) in [6.07, 6.45) is -4.42. The second-order valence-corrected chi connectivity index (χ2v) is 6.46. The van der Waals surface area contributed by atoms with Crippen molar-refractivity contribution in [1.82, 2.24) is 10.2 Å². The molecule has 0 saturated carbocycles. The van der Waals surface area contributed by atoms with Gasteiger partial charge in [-0.25, -0.2) is 0 Å². The summed E-state index contributed by atoms with van der Waals surface area (Å²) in [5.41, 5.74) is 0.319. The molecule has 0 aliphatic rings. The van der Waals surface area contributed by atoms with Crippen LogP contribution in [-0.4, -0.2) is 54.3 Å². The van der Waals surface area contributed by atoms with Gasteiger partial charge in [-0.2, -0.15) is 13.2 Å². The Bertz CT molecular complexity index is 1000. The van der Waals surface area contributed by atoms with Gasteiger partial charge in [0.1, 0.15) is 6.61 Å². The molecule has 2 aromatic carbocycles. The molecule has 0 aliphatic heterocycles. The average molecular weight is 432 g/mol. The van der Waals surface area contributed by atoms with Crippen molar-refractivity contribution in [3.05, 3.63) is 70.8 Å². The van der Waals surface area contributed by atoms with Crippen LogP contribution in [0.25, 0.3) is 0 Å². The van der Waals surface area contributed by atoms with E-state index in [1.54, 1.807) is 0 Å². The highest BCUT2D eigenvalue weighted by atomic mass is 19.4. The molecule has 2 aromatic rings. The standard InChI is InChI=1S/C22H19F3N2O4/c1-26-20(30)19(18(29)13-28)27(2)21(31)16-9-5-14(6-10-16)3-4-15-7-11-17(12-8-15)22(23,24)25/h5-12,19,28H,13H2,1-2H3,(H,26,30). The number of amides is 2. The largest absolute Gasteiger partial charge is 0.416 e. The van der Waals surface area contributed by atoms with Crippen molar-refractivity contribution in [2.75, 3.05) is 20.7 Å². The minimum Gasteiger partial charge on any atom is -0.388 e. The van der Waals surface area contributed by atoms with Gasteiger partial charge in [0, 0.05) is 30.8 Å². The van der Waals surface area contributed by atoms with E-state index in [0.29, 0.717) is 11.1 Å². The number of hydrogen-bond acceptors (Lipinski definition) is 4. The Balaban J connectivity index is 2.16. The maximum atomic E-state index is 12.6. The minimum absolute atomic E-state index is 0.183. The van der Waals surface area contributed by atoms with E-state index in [-0.39, 0.29) is 5.56 Å². The highest BCUT2D eigenvalue weighted by Gasteiger charge is 2.32. The van der Waals surface area contributed by atoms with Gasteiger partial charge in [-0.1, -0.05) is 11.8 Å². The fourth-order valence-corrected chi connectivity index (χ4v) is 2.67. The molecule has 0 saturated heterocycles. The molecule has 162 valence electrons. The van der Waals surface area contributed by atoms with E-state index in [1.165, 1.54) is 50.5 Å². The Hall–Kier alpha value is -3.64. The maximum Gasteiger partial charge on any atom is 0.416 e. The summed E-state index contributed by atoms with van der Waals surface area (Å²) in [4.78, 5) is 37.3. The number of alkyl halides is 3. The lowest BCUT2D eigenvalue weighted by Gasteiger charge is -2.25. The number of benzene rings is 2. The van der Waals surface area contributed by atoms with Crippen molar-refractivity contribution >= 4 is 17.6 Å². The van der Waals surface area contributed by atoms with Gasteiger partial charge in [-0.3, -0.25) is 14.4 Å². The summed E-state index contributed by atoms with van der Waals surface area (Å²) in [7, 11) is 2.58. The predicted molar refractivity (Wildman–Crippen MR) is 106 cm³/mol. The lowest BCUT2D eigenvalue weighted by molar-refractivity contribution is -0.138. The molecule has 2 amide bonds. The number of nitrogens with zero attached hydrogens (tertiary/aromatic N) is 1. The number of rotatable bonds is 5. The quantitative estimate of drug-likeness (QED) is 0.558. The number of aliphatic hydroxyl groups is 1. The molecule has 0 spiro atoms. The molecular weight excluding hydrogens is 413 g/mol. The molecule has 0 radical (unpaired) electrons. The molecule has 0 fully saturated rings. The Morgan fingerprint density at radius 2 is 1.48 bits per heavy atom. The number of aliphatic hydroxyl groups excluding tert-OH is 1. The van der Waals surface area contributed by atoms with Crippen molar-refractivity contribution in [1.29, 1.82) is 0 Å². The van der Waals surface area contributed by atoms with Gasteiger partial charge in [0.15, 0.2) is 11.8 Å². The van der Waals surface area contributed by atoms with Crippen LogP contribution in [-0.2, 0) is 15.8 Å². The molecular formula is C22H19F3N2O4. The summed E-state index contributed by atoms with van der Waals surface area (Å²) in [5, 5.41) is 11.3. The zero-order valence-corrected chi connectivity index (χ0v) is 16.7. The van der Waals surface area contributed by atoms with E-state index in [0.717, 1.165) is 17.0 Å². The first-order chi connectivity index (χ1) is 14.6. The summed E-state index contributed by atoms with van der Waals surface area (Å²) < 4.78 is 37.8. The minimum atomic E-state index is -4.42. The number of hydrogen-bond donors (Lipinski definition) is 2. The second kappa shape index (κ2) is 9.91. The van der Waals surface area contributed by atoms with Gasteiger partial charge >= 0.3 is 6.18 Å². The molecule has 1 unspecified atom stereocenters. The summed E-state index contributed by atoms with van der Waals surface area (Å²) >= 11 is 0. The van der Waals surface area contributed by atoms with Gasteiger partial charge in [0.2, 0.25) is 5.91 Å². The van der Waals surface area contributed by atoms with E-state index >= 15 is 0 Å². The molecule has 0 heterocycles. The highest BCUT2D eigenvalue weighted by molar-refractivity contribution is 6.10. The first kappa shape index (κ1) is 23.6. The van der Waals surface area contributed by atoms with Crippen molar-refractivity contribution in [2.45, 2.75) is 12.2 Å². The lowest BCUT2D eigenvalue weighted by Crippen LogP contribution is -2.52. The third kappa shape index (κ3) is 5.93. The zero-order chi connectivity index (χ0) is 23.2. The normalized spacial score (nSPS) is 11.7. The molecule has 31 heavy (non-hydrogen) atoms. The summed E-state index contributed by atoms with van der Waals surface area (Å²) in [6, 6.07) is 8.89. The third-order valence-corrected chi connectivity index (χ3v) is 4.36. The Morgan fingerprint density at radius 1 is 1.00 bits per heavy atom. The molecule has 0 aromatic heterocycles. The monoisotopic (exact) mass is 432 g/mol. The molecule has 2 N–H and O–H groups in total. The van der Waals surface area contributed by atoms with Gasteiger partial charge in [-0.15, -0.1) is 0 Å². The number of nitrogens with one attached hydrogen (secondary N) is 1. The predicted octanol–water partition coefficient (Wildman–Crippen LogP) is 1.85. The number of halogens is 3. The highest BCUT2D eigenvalue weighted by Crippen LogP contribution is 2.28. The van der Waals surface area contributed by atoms with Crippen LogP contribution in [0.4, 0.5) is 13.2 Å². The zero-order valence-electron chi connectivity index (χ0n) is 16.7. The molecule has 9 heteroatoms. The van der Waals surface area contributed by atoms with Crippen LogP contribution in [0.15, 0.2) is 48.5 Å². The lowest BCUT2D eigenvalue weighted by atomic mass is 10.1. The van der Waals surface area contributed by atoms with Crippen LogP contribution in [0.2, 0.25) is 0 Å². The van der Waals surface area contributed by atoms with Crippen molar-refractivity contribution < 1.29 is 32.7 Å². The molecule has 0 bridgehead atoms. The SMILES string of the molecule is CNC(=O)C(C(=O)CO)N(C)C(=O)c1ccc(C#Cc2ccc(C(F)(F)F)cc2)cc1. The van der Waals surface area contributed by atoms with Gasteiger partial charge in [-0.05, 0) is 48.5 Å². The average Bonchev–Trinajstić information content (AvgIpc) is 2.76. The number of likely N-dealkylation sites (N-methyl/N-ethyl adjacent to an activating group) is 2. The summed E-state index contributed by atoms with van der Waals surface area (Å²) in [6.45, 7) is -0.895. The third-order valence-electron chi connectivity index (χ3n) is 4.36. The van der Waals surface area contributed by atoms with E-state index in [4.69, 9.17) is 5.11 Å². The number of carbonyl (C=O) groups excluding carboxylic acids is 3. The Labute approximate surface area is 176 Å². The first-order valence-electron chi connectivity index (χ1n) is 9.00. The van der Waals surface area contributed by atoms with Crippen molar-refractivity contribution in [3.8, 4) is 11.8 Å². The smallest absolute Gasteiger partial charge is 0.388 e. The van der Waals surface area contributed by atoms with Gasteiger partial charge in [0.25, 0.3) is 5.91 Å².